The predicted molar refractivity (Wildman–Crippen MR) is 154 cm³/mol. The van der Waals surface area contributed by atoms with Crippen LogP contribution in [0.1, 0.15) is 67.7 Å². The summed E-state index contributed by atoms with van der Waals surface area (Å²) in [5, 5.41) is 34.9. The van der Waals surface area contributed by atoms with E-state index in [1.165, 1.54) is 0 Å². The number of esters is 1. The lowest BCUT2D eigenvalue weighted by molar-refractivity contribution is -0.156. The molecular formula is C34H46O6. The molecule has 3 N–H and O–H groups in total. The van der Waals surface area contributed by atoms with Gasteiger partial charge in [0.15, 0.2) is 5.60 Å². The molecule has 218 valence electrons. The molecule has 5 aliphatic rings. The van der Waals surface area contributed by atoms with Crippen LogP contribution in [0.5, 0.6) is 0 Å². The van der Waals surface area contributed by atoms with E-state index in [2.05, 4.69) is 32.1 Å². The number of ketones is 1. The number of hydrogen-bond donors (Lipinski definition) is 3. The number of carbonyl (C=O) groups excluding carboxylic acids is 2. The van der Waals surface area contributed by atoms with Crippen molar-refractivity contribution in [2.45, 2.75) is 85.5 Å². The van der Waals surface area contributed by atoms with E-state index >= 15 is 0 Å². The van der Waals surface area contributed by atoms with E-state index in [9.17, 15) is 24.9 Å². The van der Waals surface area contributed by atoms with Gasteiger partial charge in [0.2, 0.25) is 5.78 Å². The highest BCUT2D eigenvalue weighted by Gasteiger charge is 2.62. The van der Waals surface area contributed by atoms with Crippen molar-refractivity contribution < 1.29 is 29.6 Å². The molecule has 0 aromatic carbocycles. The van der Waals surface area contributed by atoms with Crippen molar-refractivity contribution in [1.29, 1.82) is 0 Å². The lowest BCUT2D eigenvalue weighted by Crippen LogP contribution is -2.54. The zero-order valence-electron chi connectivity index (χ0n) is 24.9. The van der Waals surface area contributed by atoms with Gasteiger partial charge in [0.1, 0.15) is 11.3 Å². The fourth-order valence-corrected chi connectivity index (χ4v) is 8.94. The molecule has 0 aromatic rings. The summed E-state index contributed by atoms with van der Waals surface area (Å²) in [5.41, 5.74) is -1.09. The largest absolute Gasteiger partial charge is 0.511 e. The van der Waals surface area contributed by atoms with Crippen LogP contribution in [0.25, 0.3) is 0 Å². The summed E-state index contributed by atoms with van der Waals surface area (Å²) >= 11 is 0. The van der Waals surface area contributed by atoms with E-state index in [1.54, 1.807) is 0 Å². The third-order valence-electron chi connectivity index (χ3n) is 11.1. The van der Waals surface area contributed by atoms with Crippen LogP contribution in [0.15, 0.2) is 58.9 Å². The molecule has 1 aliphatic heterocycles. The first-order valence-electron chi connectivity index (χ1n) is 15.1. The zero-order valence-corrected chi connectivity index (χ0v) is 24.9. The maximum absolute atomic E-state index is 14.5. The highest BCUT2D eigenvalue weighted by atomic mass is 16.6. The fourth-order valence-electron chi connectivity index (χ4n) is 8.94. The van der Waals surface area contributed by atoms with E-state index in [4.69, 9.17) is 4.74 Å². The van der Waals surface area contributed by atoms with Crippen LogP contribution in [-0.4, -0.2) is 44.9 Å². The Morgan fingerprint density at radius 1 is 0.975 bits per heavy atom. The smallest absolute Gasteiger partial charge is 0.346 e. The number of allylic oxidation sites excluding steroid dienone is 4. The van der Waals surface area contributed by atoms with Crippen molar-refractivity contribution in [2.75, 3.05) is 0 Å². The number of fused-ring (bicyclic) bond motifs is 4. The number of carbonyl (C=O) groups is 2. The molecule has 40 heavy (non-hydrogen) atoms. The Balaban J connectivity index is 1.80. The topological polar surface area (TPSA) is 104 Å². The third kappa shape index (κ3) is 4.12. The molecule has 1 heterocycles. The summed E-state index contributed by atoms with van der Waals surface area (Å²) < 4.78 is 6.07. The lowest BCUT2D eigenvalue weighted by atomic mass is 9.49. The quantitative estimate of drug-likeness (QED) is 0.222. The van der Waals surface area contributed by atoms with Gasteiger partial charge in [0.25, 0.3) is 0 Å². The van der Waals surface area contributed by atoms with Crippen molar-refractivity contribution in [1.82, 2.24) is 0 Å². The SMILES string of the molecule is CCC1C=CC2/C=C(\C)C(O)C(C)/C=C(\C)C3C=CC4C(O)C(C)CC(C)C4C3(C)/C(O)=C3/C(=O)OC2(C1)C3=O. The van der Waals surface area contributed by atoms with Crippen LogP contribution in [-0.2, 0) is 14.3 Å². The fraction of sp³-hybridized carbons (Fsp3) is 0.647. The minimum atomic E-state index is -1.46. The summed E-state index contributed by atoms with van der Waals surface area (Å²) in [4.78, 5) is 28.2. The van der Waals surface area contributed by atoms with Crippen molar-refractivity contribution in [3.05, 3.63) is 58.9 Å². The molecule has 0 radical (unpaired) electrons. The van der Waals surface area contributed by atoms with Gasteiger partial charge in [-0.1, -0.05) is 76.6 Å². The Bertz CT molecular complexity index is 1240. The van der Waals surface area contributed by atoms with Crippen LogP contribution in [0.3, 0.4) is 0 Å². The molecule has 12 unspecified atom stereocenters. The van der Waals surface area contributed by atoms with Crippen molar-refractivity contribution in [2.24, 2.45) is 52.8 Å². The zero-order chi connectivity index (χ0) is 29.3. The van der Waals surface area contributed by atoms with E-state index in [1.807, 2.05) is 52.8 Å². The standard InChI is InChI=1S/C34H46O6/c1-8-22-9-10-23-15-21(6)28(35)19(4)13-17(2)25-12-11-24-27(18(3)14-20(5)29(24)36)33(25,7)30(37)26-31(38)34(23,16-22)40-32(26)39/h9-13,15,18-20,22-25,27-29,35-37H,8,14,16H2,1-7H3/b17-13+,21-15+,30-26-. The minimum absolute atomic E-state index is 0.0481. The summed E-state index contributed by atoms with van der Waals surface area (Å²) in [6.07, 6.45) is 12.5. The predicted octanol–water partition coefficient (Wildman–Crippen LogP) is 5.63. The van der Waals surface area contributed by atoms with E-state index < -0.39 is 40.9 Å². The second-order valence-electron chi connectivity index (χ2n) is 13.7. The van der Waals surface area contributed by atoms with Crippen molar-refractivity contribution >= 4 is 11.8 Å². The molecule has 1 spiro atoms. The third-order valence-corrected chi connectivity index (χ3v) is 11.1. The normalized spacial score (nSPS) is 51.5. The van der Waals surface area contributed by atoms with E-state index in [-0.39, 0.29) is 52.8 Å². The van der Waals surface area contributed by atoms with Gasteiger partial charge in [-0.05, 0) is 55.9 Å². The first-order valence-corrected chi connectivity index (χ1v) is 15.1. The molecule has 12 atom stereocenters. The summed E-state index contributed by atoms with van der Waals surface area (Å²) in [7, 11) is 0. The highest BCUT2D eigenvalue weighted by molar-refractivity contribution is 6.26. The first-order chi connectivity index (χ1) is 18.8. The molecule has 1 saturated carbocycles. The lowest BCUT2D eigenvalue weighted by Gasteiger charge is -2.55. The summed E-state index contributed by atoms with van der Waals surface area (Å²) in [6, 6.07) is 0. The van der Waals surface area contributed by atoms with Gasteiger partial charge in [0, 0.05) is 35.5 Å². The number of aliphatic hydroxyl groups is 3. The van der Waals surface area contributed by atoms with Crippen LogP contribution >= 0.6 is 0 Å². The second kappa shape index (κ2) is 10.1. The maximum atomic E-state index is 14.5. The van der Waals surface area contributed by atoms with Gasteiger partial charge < -0.3 is 20.1 Å². The summed E-state index contributed by atoms with van der Waals surface area (Å²) in [5.74, 6) is -2.77. The number of ether oxygens (including phenoxy) is 1. The molecule has 1 saturated heterocycles. The molecule has 2 bridgehead atoms. The molecule has 2 fully saturated rings. The van der Waals surface area contributed by atoms with E-state index in [0.717, 1.165) is 18.4 Å². The van der Waals surface area contributed by atoms with Gasteiger partial charge in [0.05, 0.1) is 12.2 Å². The van der Waals surface area contributed by atoms with E-state index in [0.29, 0.717) is 12.0 Å². The van der Waals surface area contributed by atoms with Crippen LogP contribution in [0, 0.1) is 52.8 Å². The van der Waals surface area contributed by atoms with Gasteiger partial charge in [-0.2, -0.15) is 0 Å². The van der Waals surface area contributed by atoms with Gasteiger partial charge in [-0.3, -0.25) is 4.79 Å². The molecular weight excluding hydrogens is 504 g/mol. The maximum Gasteiger partial charge on any atom is 0.346 e. The average molecular weight is 551 g/mol. The Kier molecular flexibility index (Phi) is 7.36. The van der Waals surface area contributed by atoms with Gasteiger partial charge in [-0.25, -0.2) is 4.79 Å². The molecule has 6 nitrogen and oxygen atoms in total. The second-order valence-corrected chi connectivity index (χ2v) is 13.7. The first kappa shape index (κ1) is 29.1. The van der Waals surface area contributed by atoms with Crippen LogP contribution in [0.2, 0.25) is 0 Å². The van der Waals surface area contributed by atoms with Crippen molar-refractivity contribution in [3.8, 4) is 0 Å². The highest BCUT2D eigenvalue weighted by Crippen LogP contribution is 2.60. The molecule has 0 aromatic heterocycles. The number of hydrogen-bond acceptors (Lipinski definition) is 6. The Labute approximate surface area is 238 Å². The minimum Gasteiger partial charge on any atom is -0.511 e. The molecule has 0 amide bonds. The Morgan fingerprint density at radius 3 is 2.35 bits per heavy atom. The van der Waals surface area contributed by atoms with Crippen LogP contribution < -0.4 is 0 Å². The summed E-state index contributed by atoms with van der Waals surface area (Å²) in [6.45, 7) is 14.0. The number of rotatable bonds is 1. The Morgan fingerprint density at radius 2 is 1.68 bits per heavy atom. The van der Waals surface area contributed by atoms with Gasteiger partial charge >= 0.3 is 5.97 Å². The molecule has 4 aliphatic carbocycles. The van der Waals surface area contributed by atoms with Gasteiger partial charge in [-0.15, -0.1) is 0 Å². The molecule has 6 heteroatoms. The Hall–Kier alpha value is -2.44. The van der Waals surface area contributed by atoms with Crippen molar-refractivity contribution in [3.63, 3.8) is 0 Å². The number of aliphatic hydroxyl groups excluding tert-OH is 3. The van der Waals surface area contributed by atoms with Crippen LogP contribution in [0.4, 0.5) is 0 Å². The number of Topliss-reactive ketones (excluding diaryl/α,β-unsaturated/α-hetero) is 1. The monoisotopic (exact) mass is 550 g/mol. The average Bonchev–Trinajstić information content (AvgIpc) is 3.15. The molecule has 5 rings (SSSR count).